The molecule has 0 aromatic carbocycles. The Morgan fingerprint density at radius 1 is 1.38 bits per heavy atom. The Hall–Kier alpha value is -1.29. The first-order valence-corrected chi connectivity index (χ1v) is 9.33. The zero-order chi connectivity index (χ0) is 15.6. The molecule has 8 nitrogen and oxygen atoms in total. The summed E-state index contributed by atoms with van der Waals surface area (Å²) in [5.74, 6) is -1.42. The highest BCUT2D eigenvalue weighted by Crippen LogP contribution is 2.18. The predicted octanol–water partition coefficient (Wildman–Crippen LogP) is -1.38. The van der Waals surface area contributed by atoms with Crippen LogP contribution in [0.25, 0.3) is 0 Å². The third-order valence-electron chi connectivity index (χ3n) is 3.41. The summed E-state index contributed by atoms with van der Waals surface area (Å²) in [4.78, 5) is 37.3. The largest absolute Gasteiger partial charge is 0.481 e. The maximum atomic E-state index is 12.2. The van der Waals surface area contributed by atoms with Gasteiger partial charge in [-0.2, -0.15) is 0 Å². The summed E-state index contributed by atoms with van der Waals surface area (Å²) in [5.41, 5.74) is 0. The van der Waals surface area contributed by atoms with Crippen molar-refractivity contribution >= 4 is 39.4 Å². The molecule has 0 aliphatic carbocycles. The van der Waals surface area contributed by atoms with E-state index in [1.807, 2.05) is 0 Å². The lowest BCUT2D eigenvalue weighted by atomic mass is 10.2. The van der Waals surface area contributed by atoms with E-state index in [1.165, 1.54) is 21.6 Å². The van der Waals surface area contributed by atoms with E-state index in [9.17, 15) is 22.8 Å². The fourth-order valence-electron chi connectivity index (χ4n) is 2.38. The molecule has 118 valence electrons. The van der Waals surface area contributed by atoms with Gasteiger partial charge in [-0.25, -0.2) is 8.42 Å². The number of amides is 2. The van der Waals surface area contributed by atoms with Gasteiger partial charge >= 0.3 is 5.97 Å². The summed E-state index contributed by atoms with van der Waals surface area (Å²) in [6, 6.07) is -0.862. The molecule has 21 heavy (non-hydrogen) atoms. The van der Waals surface area contributed by atoms with Gasteiger partial charge in [-0.1, -0.05) is 0 Å². The Labute approximate surface area is 126 Å². The van der Waals surface area contributed by atoms with E-state index in [2.05, 4.69) is 0 Å². The van der Waals surface area contributed by atoms with Crippen LogP contribution in [0.5, 0.6) is 0 Å². The molecule has 2 aliphatic heterocycles. The lowest BCUT2D eigenvalue weighted by molar-refractivity contribution is -0.142. The van der Waals surface area contributed by atoms with Crippen molar-refractivity contribution < 1.29 is 27.9 Å². The molecule has 0 spiro atoms. The Balaban J connectivity index is 2.06. The highest BCUT2D eigenvalue weighted by atomic mass is 32.2. The van der Waals surface area contributed by atoms with Crippen molar-refractivity contribution in [2.75, 3.05) is 36.2 Å². The number of sulfone groups is 1. The van der Waals surface area contributed by atoms with E-state index in [1.54, 1.807) is 0 Å². The van der Waals surface area contributed by atoms with Gasteiger partial charge in [-0.05, 0) is 0 Å². The number of aliphatic carboxylic acids is 1. The van der Waals surface area contributed by atoms with Gasteiger partial charge < -0.3 is 14.9 Å². The van der Waals surface area contributed by atoms with Crippen molar-refractivity contribution in [1.29, 1.82) is 0 Å². The summed E-state index contributed by atoms with van der Waals surface area (Å²) >= 11 is 1.41. The summed E-state index contributed by atoms with van der Waals surface area (Å²) in [5, 5.41) is 8.86. The summed E-state index contributed by atoms with van der Waals surface area (Å²) in [7, 11) is -3.32. The summed E-state index contributed by atoms with van der Waals surface area (Å²) in [6.45, 7) is -0.143. The van der Waals surface area contributed by atoms with Crippen LogP contribution in [-0.4, -0.2) is 83.4 Å². The molecule has 1 unspecified atom stereocenters. The zero-order valence-electron chi connectivity index (χ0n) is 11.2. The van der Waals surface area contributed by atoms with Crippen molar-refractivity contribution in [2.24, 2.45) is 0 Å². The molecule has 0 bridgehead atoms. The fourth-order valence-corrected chi connectivity index (χ4v) is 4.81. The van der Waals surface area contributed by atoms with E-state index >= 15 is 0 Å². The van der Waals surface area contributed by atoms with E-state index in [4.69, 9.17) is 5.11 Å². The lowest BCUT2D eigenvalue weighted by Gasteiger charge is -2.35. The minimum Gasteiger partial charge on any atom is -0.481 e. The number of hydrogen-bond acceptors (Lipinski definition) is 6. The smallest absolute Gasteiger partial charge is 0.305 e. The Bertz CT molecular complexity index is 561. The number of carboxylic acids is 1. The number of thioether (sulfide) groups is 1. The molecule has 2 rings (SSSR count). The lowest BCUT2D eigenvalue weighted by Crippen LogP contribution is -2.54. The molecule has 0 saturated carbocycles. The molecule has 0 aromatic rings. The topological polar surface area (TPSA) is 112 Å². The second-order valence-corrected chi connectivity index (χ2v) is 8.21. The highest BCUT2D eigenvalue weighted by molar-refractivity contribution is 8.00. The van der Waals surface area contributed by atoms with E-state index in [0.29, 0.717) is 11.6 Å². The maximum Gasteiger partial charge on any atom is 0.305 e. The van der Waals surface area contributed by atoms with E-state index in [-0.39, 0.29) is 30.5 Å². The van der Waals surface area contributed by atoms with Gasteiger partial charge in [0, 0.05) is 6.54 Å². The van der Waals surface area contributed by atoms with Crippen LogP contribution < -0.4 is 0 Å². The molecule has 1 atom stereocenters. The van der Waals surface area contributed by atoms with Crippen LogP contribution >= 0.6 is 11.8 Å². The zero-order valence-corrected chi connectivity index (χ0v) is 12.9. The minimum atomic E-state index is -3.32. The number of hydrogen-bond donors (Lipinski definition) is 1. The van der Waals surface area contributed by atoms with Crippen molar-refractivity contribution in [2.45, 2.75) is 12.5 Å². The maximum absolute atomic E-state index is 12.2. The van der Waals surface area contributed by atoms with Crippen LogP contribution in [0.3, 0.4) is 0 Å². The summed E-state index contributed by atoms with van der Waals surface area (Å²) in [6.07, 6.45) is -0.409. The number of rotatable bonds is 4. The second-order valence-electron chi connectivity index (χ2n) is 5.02. The van der Waals surface area contributed by atoms with Crippen LogP contribution in [0.4, 0.5) is 0 Å². The SMILES string of the molecule is O=C(O)CC1CS(=O)(=O)CCN1C(=O)CN1CSCC1=O. The van der Waals surface area contributed by atoms with Crippen LogP contribution in [0.1, 0.15) is 6.42 Å². The molecule has 2 saturated heterocycles. The first-order chi connectivity index (χ1) is 9.78. The average Bonchev–Trinajstić information content (AvgIpc) is 2.73. The third-order valence-corrected chi connectivity index (χ3v) is 6.05. The van der Waals surface area contributed by atoms with Crippen LogP contribution in [0, 0.1) is 0 Å². The first-order valence-electron chi connectivity index (χ1n) is 6.36. The molecule has 0 radical (unpaired) electrons. The van der Waals surface area contributed by atoms with Gasteiger partial charge in [0.15, 0.2) is 9.84 Å². The van der Waals surface area contributed by atoms with Gasteiger partial charge in [0.05, 0.1) is 35.6 Å². The van der Waals surface area contributed by atoms with Gasteiger partial charge in [0.25, 0.3) is 0 Å². The van der Waals surface area contributed by atoms with Gasteiger partial charge in [0.2, 0.25) is 11.8 Å². The third kappa shape index (κ3) is 4.10. The van der Waals surface area contributed by atoms with Crippen molar-refractivity contribution in [3.05, 3.63) is 0 Å². The Morgan fingerprint density at radius 2 is 2.10 bits per heavy atom. The Kier molecular flexibility index (Phi) is 4.77. The molecule has 10 heteroatoms. The highest BCUT2D eigenvalue weighted by Gasteiger charge is 2.36. The first kappa shape index (κ1) is 16.1. The number of carbonyl (C=O) groups is 3. The minimum absolute atomic E-state index is 0.0196. The predicted molar refractivity (Wildman–Crippen MR) is 75.4 cm³/mol. The fraction of sp³-hybridized carbons (Fsp3) is 0.727. The molecular formula is C11H16N2O6S2. The van der Waals surface area contributed by atoms with Gasteiger partial charge in [-0.3, -0.25) is 14.4 Å². The van der Waals surface area contributed by atoms with Crippen molar-refractivity contribution in [3.8, 4) is 0 Å². The van der Waals surface area contributed by atoms with Crippen molar-refractivity contribution in [3.63, 3.8) is 0 Å². The van der Waals surface area contributed by atoms with E-state index in [0.717, 1.165) is 0 Å². The summed E-state index contributed by atoms with van der Waals surface area (Å²) < 4.78 is 23.2. The second kappa shape index (κ2) is 6.22. The van der Waals surface area contributed by atoms with Crippen LogP contribution in [-0.2, 0) is 24.2 Å². The van der Waals surface area contributed by atoms with Crippen LogP contribution in [0.2, 0.25) is 0 Å². The molecule has 2 fully saturated rings. The molecule has 0 aromatic heterocycles. The molecule has 2 heterocycles. The molecular weight excluding hydrogens is 320 g/mol. The molecule has 1 N–H and O–H groups in total. The standard InChI is InChI=1S/C11H16N2O6S2/c14-9(4-12-7-20-5-10(12)15)13-1-2-21(18,19)6-8(13)3-11(16)17/h8H,1-7H2,(H,16,17). The monoisotopic (exact) mass is 336 g/mol. The van der Waals surface area contributed by atoms with Gasteiger partial charge in [0.1, 0.15) is 6.54 Å². The number of nitrogens with zero attached hydrogens (tertiary/aromatic N) is 2. The van der Waals surface area contributed by atoms with Gasteiger partial charge in [-0.15, -0.1) is 11.8 Å². The normalized spacial score (nSPS) is 25.1. The Morgan fingerprint density at radius 3 is 2.67 bits per heavy atom. The molecule has 2 amide bonds. The van der Waals surface area contributed by atoms with Crippen LogP contribution in [0.15, 0.2) is 0 Å². The molecule has 2 aliphatic rings. The number of carboxylic acid groups (broad SMARTS) is 1. The van der Waals surface area contributed by atoms with Crippen molar-refractivity contribution in [1.82, 2.24) is 9.80 Å². The number of carbonyl (C=O) groups excluding carboxylic acids is 2. The average molecular weight is 336 g/mol. The van der Waals surface area contributed by atoms with E-state index < -0.39 is 34.2 Å². The quantitative estimate of drug-likeness (QED) is 0.673.